The first-order valence-corrected chi connectivity index (χ1v) is 4.09. The number of hydrogen-bond donors (Lipinski definition) is 2. The third-order valence-electron chi connectivity index (χ3n) is 1.18. The molecule has 0 amide bonds. The van der Waals surface area contributed by atoms with E-state index in [1.54, 1.807) is 0 Å². The Bertz CT molecular complexity index is 162. The molecule has 6 heteroatoms. The topological polar surface area (TPSA) is 52.6 Å². The van der Waals surface area contributed by atoms with E-state index in [4.69, 9.17) is 0 Å². The van der Waals surface area contributed by atoms with Gasteiger partial charge in [-0.2, -0.15) is 25.3 Å². The molecule has 0 radical (unpaired) electrons. The molecule has 70 valence electrons. The predicted octanol–water partition coefficient (Wildman–Crippen LogP) is -0.0708. The Morgan fingerprint density at radius 1 is 1.00 bits per heavy atom. The Morgan fingerprint density at radius 2 is 1.25 bits per heavy atom. The molecule has 0 aliphatic heterocycles. The molecule has 0 fully saturated rings. The molecule has 0 rings (SSSR count). The third-order valence-corrected chi connectivity index (χ3v) is 2.44. The van der Waals surface area contributed by atoms with E-state index >= 15 is 0 Å². The van der Waals surface area contributed by atoms with Crippen molar-refractivity contribution in [2.24, 2.45) is 0 Å². The number of hydrogen-bond acceptors (Lipinski definition) is 6. The van der Waals surface area contributed by atoms with Crippen LogP contribution in [0.1, 0.15) is 0 Å². The molecule has 2 unspecified atom stereocenters. The highest BCUT2D eigenvalue weighted by Crippen LogP contribution is 2.11. The van der Waals surface area contributed by atoms with Crippen molar-refractivity contribution in [2.75, 3.05) is 14.2 Å². The maximum Gasteiger partial charge on any atom is 0.320 e. The van der Waals surface area contributed by atoms with Gasteiger partial charge in [0.2, 0.25) is 0 Å². The zero-order valence-electron chi connectivity index (χ0n) is 6.68. The van der Waals surface area contributed by atoms with E-state index in [1.165, 1.54) is 14.2 Å². The Labute approximate surface area is 81.4 Å². The second-order valence-electron chi connectivity index (χ2n) is 1.94. The summed E-state index contributed by atoms with van der Waals surface area (Å²) in [5, 5.41) is -1.79. The molecule has 12 heavy (non-hydrogen) atoms. The van der Waals surface area contributed by atoms with Crippen LogP contribution in [0.15, 0.2) is 0 Å². The van der Waals surface area contributed by atoms with Gasteiger partial charge in [-0.3, -0.25) is 9.59 Å². The zero-order chi connectivity index (χ0) is 9.72. The summed E-state index contributed by atoms with van der Waals surface area (Å²) >= 11 is 7.68. The molecule has 0 aromatic carbocycles. The van der Waals surface area contributed by atoms with Crippen LogP contribution in [-0.4, -0.2) is 36.7 Å². The first-order valence-electron chi connectivity index (χ1n) is 3.06. The third kappa shape index (κ3) is 2.94. The molecule has 0 aromatic heterocycles. The van der Waals surface area contributed by atoms with Gasteiger partial charge in [-0.05, 0) is 0 Å². The lowest BCUT2D eigenvalue weighted by Crippen LogP contribution is -2.33. The lowest BCUT2D eigenvalue weighted by molar-refractivity contribution is -0.145. The Kier molecular flexibility index (Phi) is 5.16. The summed E-state index contributed by atoms with van der Waals surface area (Å²) in [5.41, 5.74) is 0. The van der Waals surface area contributed by atoms with Crippen LogP contribution in [0, 0.1) is 0 Å². The Morgan fingerprint density at radius 3 is 1.42 bits per heavy atom. The molecule has 0 bridgehead atoms. The number of carbonyl (C=O) groups is 2. The lowest BCUT2D eigenvalue weighted by atomic mass is 10.3. The van der Waals surface area contributed by atoms with Crippen molar-refractivity contribution in [3.63, 3.8) is 0 Å². The van der Waals surface area contributed by atoms with Gasteiger partial charge in [-0.1, -0.05) is 0 Å². The Hall–Kier alpha value is -0.360. The largest absolute Gasteiger partial charge is 0.468 e. The van der Waals surface area contributed by atoms with Gasteiger partial charge in [-0.25, -0.2) is 0 Å². The van der Waals surface area contributed by atoms with Crippen molar-refractivity contribution in [3.8, 4) is 0 Å². The van der Waals surface area contributed by atoms with Crippen molar-refractivity contribution in [2.45, 2.75) is 10.5 Å². The lowest BCUT2D eigenvalue weighted by Gasteiger charge is -2.13. The second-order valence-corrected chi connectivity index (χ2v) is 3.05. The number of rotatable bonds is 3. The van der Waals surface area contributed by atoms with Crippen LogP contribution in [0.4, 0.5) is 0 Å². The molecule has 0 aliphatic carbocycles. The van der Waals surface area contributed by atoms with E-state index in [-0.39, 0.29) is 0 Å². The molecule has 0 N–H and O–H groups in total. The van der Waals surface area contributed by atoms with Gasteiger partial charge >= 0.3 is 11.9 Å². The van der Waals surface area contributed by atoms with Crippen molar-refractivity contribution in [1.82, 2.24) is 0 Å². The van der Waals surface area contributed by atoms with Crippen molar-refractivity contribution in [1.29, 1.82) is 0 Å². The highest BCUT2D eigenvalue weighted by molar-refractivity contribution is 7.86. The number of methoxy groups -OCH3 is 2. The minimum absolute atomic E-state index is 0.608. The summed E-state index contributed by atoms with van der Waals surface area (Å²) in [4.78, 5) is 21.6. The van der Waals surface area contributed by atoms with Crippen molar-refractivity contribution >= 4 is 37.2 Å². The average Bonchev–Trinajstić information content (AvgIpc) is 2.12. The van der Waals surface area contributed by atoms with E-state index in [9.17, 15) is 9.59 Å². The summed E-state index contributed by atoms with van der Waals surface area (Å²) in [6.45, 7) is 0. The number of thiol groups is 2. The molecule has 0 heterocycles. The molecule has 2 atom stereocenters. The van der Waals surface area contributed by atoms with Crippen LogP contribution in [0.2, 0.25) is 0 Å². The maximum atomic E-state index is 10.8. The number of esters is 2. The minimum atomic E-state index is -0.897. The van der Waals surface area contributed by atoms with Gasteiger partial charge in [0.25, 0.3) is 0 Å². The number of ether oxygens (including phenoxy) is 2. The van der Waals surface area contributed by atoms with Gasteiger partial charge in [0.15, 0.2) is 0 Å². The fraction of sp³-hybridized carbons (Fsp3) is 0.667. The normalized spacial score (nSPS) is 14.7. The van der Waals surface area contributed by atoms with Gasteiger partial charge in [0, 0.05) is 0 Å². The highest BCUT2D eigenvalue weighted by Gasteiger charge is 2.29. The van der Waals surface area contributed by atoms with Crippen molar-refractivity contribution < 1.29 is 19.1 Å². The van der Waals surface area contributed by atoms with Gasteiger partial charge in [0.1, 0.15) is 10.5 Å². The second kappa shape index (κ2) is 5.31. The molecule has 0 spiro atoms. The van der Waals surface area contributed by atoms with Gasteiger partial charge in [0.05, 0.1) is 14.2 Å². The fourth-order valence-electron chi connectivity index (χ4n) is 0.499. The minimum Gasteiger partial charge on any atom is -0.468 e. The molecule has 4 nitrogen and oxygen atoms in total. The SMILES string of the molecule is COC(=O)C(S)C(S)C(=O)OC. The highest BCUT2D eigenvalue weighted by atomic mass is 32.1. The molecular formula is C6H10O4S2. The van der Waals surface area contributed by atoms with Crippen LogP contribution in [0.3, 0.4) is 0 Å². The first kappa shape index (κ1) is 11.6. The first-order chi connectivity index (χ1) is 5.54. The molecule has 0 saturated heterocycles. The van der Waals surface area contributed by atoms with Gasteiger partial charge in [-0.15, -0.1) is 0 Å². The maximum absolute atomic E-state index is 10.8. The van der Waals surface area contributed by atoms with Crippen molar-refractivity contribution in [3.05, 3.63) is 0 Å². The average molecular weight is 210 g/mol. The van der Waals surface area contributed by atoms with Crippen LogP contribution < -0.4 is 0 Å². The van der Waals surface area contributed by atoms with Crippen LogP contribution >= 0.6 is 25.3 Å². The van der Waals surface area contributed by atoms with Crippen LogP contribution in [0.5, 0.6) is 0 Å². The standard InChI is InChI=1S/C6H10O4S2/c1-9-5(7)3(11)4(12)6(8)10-2/h3-4,11-12H,1-2H3. The zero-order valence-corrected chi connectivity index (χ0v) is 8.47. The van der Waals surface area contributed by atoms with E-state index in [0.29, 0.717) is 0 Å². The van der Waals surface area contributed by atoms with E-state index in [1.807, 2.05) is 0 Å². The van der Waals surface area contributed by atoms with E-state index in [0.717, 1.165) is 0 Å². The van der Waals surface area contributed by atoms with Gasteiger partial charge < -0.3 is 9.47 Å². The summed E-state index contributed by atoms with van der Waals surface area (Å²) < 4.78 is 8.71. The molecular weight excluding hydrogens is 200 g/mol. The molecule has 0 aliphatic rings. The monoisotopic (exact) mass is 210 g/mol. The van der Waals surface area contributed by atoms with E-state index in [2.05, 4.69) is 34.7 Å². The van der Waals surface area contributed by atoms with Crippen LogP contribution in [-0.2, 0) is 19.1 Å². The summed E-state index contributed by atoms with van der Waals surface area (Å²) in [5.74, 6) is -1.22. The summed E-state index contributed by atoms with van der Waals surface area (Å²) in [6, 6.07) is 0. The molecule has 0 saturated carbocycles. The summed E-state index contributed by atoms with van der Waals surface area (Å²) in [7, 11) is 2.42. The molecule has 0 aromatic rings. The van der Waals surface area contributed by atoms with E-state index < -0.39 is 22.4 Å². The fourth-order valence-corrected chi connectivity index (χ4v) is 0.954. The number of carbonyl (C=O) groups excluding carboxylic acids is 2. The summed E-state index contributed by atoms with van der Waals surface area (Å²) in [6.07, 6.45) is 0. The predicted molar refractivity (Wildman–Crippen MR) is 49.6 cm³/mol. The quantitative estimate of drug-likeness (QED) is 0.506. The smallest absolute Gasteiger partial charge is 0.320 e. The van der Waals surface area contributed by atoms with Crippen LogP contribution in [0.25, 0.3) is 0 Å². The Balaban J connectivity index is 4.18.